The summed E-state index contributed by atoms with van der Waals surface area (Å²) >= 11 is 15.0. The van der Waals surface area contributed by atoms with Gasteiger partial charge in [0.25, 0.3) is 5.91 Å². The first-order valence-electron chi connectivity index (χ1n) is 6.04. The van der Waals surface area contributed by atoms with Gasteiger partial charge < -0.3 is 4.74 Å². The molecule has 0 atom stereocenters. The Morgan fingerprint density at radius 1 is 1.27 bits per heavy atom. The molecule has 0 spiro atoms. The fourth-order valence-corrected chi connectivity index (χ4v) is 3.15. The number of carbonyl (C=O) groups is 1. The van der Waals surface area contributed by atoms with Gasteiger partial charge in [0.15, 0.2) is 16.7 Å². The van der Waals surface area contributed by atoms with E-state index in [-0.39, 0.29) is 18.3 Å². The smallest absolute Gasteiger partial charge is 0.264 e. The molecule has 0 aromatic carbocycles. The first-order valence-corrected chi connectivity index (χ1v) is 8.84. The van der Waals surface area contributed by atoms with Gasteiger partial charge in [0, 0.05) is 0 Å². The number of anilines is 1. The molecule has 0 saturated heterocycles. The Balaban J connectivity index is 2.02. The topological polar surface area (TPSA) is 77.0 Å². The number of aryl methyl sites for hydroxylation is 2. The van der Waals surface area contributed by atoms with E-state index in [1.54, 1.807) is 13.8 Å². The van der Waals surface area contributed by atoms with Crippen molar-refractivity contribution in [3.63, 3.8) is 0 Å². The largest absolute Gasteiger partial charge is 0.480 e. The molecule has 1 amide bonds. The van der Waals surface area contributed by atoms with Gasteiger partial charge in [-0.3, -0.25) is 15.1 Å². The van der Waals surface area contributed by atoms with Gasteiger partial charge in [-0.25, -0.2) is 0 Å². The lowest BCUT2D eigenvalue weighted by Gasteiger charge is -2.12. The molecule has 0 aliphatic heterocycles. The Morgan fingerprint density at radius 2 is 1.91 bits per heavy atom. The van der Waals surface area contributed by atoms with E-state index in [0.29, 0.717) is 26.6 Å². The van der Waals surface area contributed by atoms with Gasteiger partial charge in [-0.15, -0.1) is 10.2 Å². The average molecular weight is 379 g/mol. The van der Waals surface area contributed by atoms with E-state index in [1.807, 2.05) is 6.26 Å². The molecule has 2 rings (SSSR count). The molecule has 0 unspecified atom stereocenters. The first-order chi connectivity index (χ1) is 10.4. The molecule has 0 radical (unpaired) electrons. The molecule has 1 N–H and O–H groups in total. The van der Waals surface area contributed by atoms with Crippen molar-refractivity contribution in [1.29, 1.82) is 0 Å². The second-order valence-electron chi connectivity index (χ2n) is 4.15. The molecule has 2 heterocycles. The Morgan fingerprint density at radius 3 is 2.45 bits per heavy atom. The molecule has 2 aromatic rings. The van der Waals surface area contributed by atoms with Crippen molar-refractivity contribution in [3.8, 4) is 5.75 Å². The van der Waals surface area contributed by atoms with Gasteiger partial charge in [-0.1, -0.05) is 46.3 Å². The lowest BCUT2D eigenvalue weighted by molar-refractivity contribution is -0.118. The third-order valence-electron chi connectivity index (χ3n) is 2.54. The highest BCUT2D eigenvalue weighted by atomic mass is 35.5. The molecule has 0 aliphatic rings. The number of hydrogen-bond acceptors (Lipinski definition) is 7. The number of ether oxygens (including phenoxy) is 1. The van der Waals surface area contributed by atoms with Gasteiger partial charge in [0.05, 0.1) is 11.4 Å². The normalized spacial score (nSPS) is 10.6. The van der Waals surface area contributed by atoms with Crippen molar-refractivity contribution in [1.82, 2.24) is 15.2 Å². The number of carbonyl (C=O) groups excluding carboxylic acids is 1. The third-order valence-corrected chi connectivity index (χ3v) is 5.25. The summed E-state index contributed by atoms with van der Waals surface area (Å²) in [5, 5.41) is 11.3. The van der Waals surface area contributed by atoms with Gasteiger partial charge >= 0.3 is 0 Å². The number of rotatable bonds is 5. The molecule has 10 heteroatoms. The van der Waals surface area contributed by atoms with Crippen molar-refractivity contribution in [2.45, 2.75) is 18.2 Å². The van der Waals surface area contributed by atoms with E-state index in [4.69, 9.17) is 27.9 Å². The number of halogens is 2. The fourth-order valence-electron chi connectivity index (χ4n) is 1.54. The SMILES string of the molecule is CSc1nnc(NC(=O)COc2c(Cl)c(C)nc(C)c2Cl)s1. The van der Waals surface area contributed by atoms with Gasteiger partial charge in [0.1, 0.15) is 10.0 Å². The summed E-state index contributed by atoms with van der Waals surface area (Å²) in [5.74, 6) is -0.117. The maximum atomic E-state index is 11.9. The van der Waals surface area contributed by atoms with Crippen LogP contribution in [-0.2, 0) is 4.79 Å². The zero-order chi connectivity index (χ0) is 16.3. The summed E-state index contributed by atoms with van der Waals surface area (Å²) in [7, 11) is 0. The van der Waals surface area contributed by atoms with Gasteiger partial charge in [-0.2, -0.15) is 0 Å². The molecule has 22 heavy (non-hydrogen) atoms. The summed E-state index contributed by atoms with van der Waals surface area (Å²) < 4.78 is 6.20. The van der Waals surface area contributed by atoms with Crippen molar-refractivity contribution in [2.75, 3.05) is 18.2 Å². The van der Waals surface area contributed by atoms with Gasteiger partial charge in [-0.05, 0) is 20.1 Å². The summed E-state index contributed by atoms with van der Waals surface area (Å²) in [6.45, 7) is 3.24. The number of amides is 1. The minimum Gasteiger partial charge on any atom is -0.480 e. The Kier molecular flexibility index (Phi) is 5.85. The van der Waals surface area contributed by atoms with Crippen molar-refractivity contribution in [2.24, 2.45) is 0 Å². The van der Waals surface area contributed by atoms with E-state index in [0.717, 1.165) is 4.34 Å². The molecular weight excluding hydrogens is 367 g/mol. The van der Waals surface area contributed by atoms with E-state index >= 15 is 0 Å². The van der Waals surface area contributed by atoms with Crippen LogP contribution in [-0.4, -0.2) is 34.0 Å². The minimum absolute atomic E-state index is 0.240. The van der Waals surface area contributed by atoms with E-state index in [2.05, 4.69) is 20.5 Å². The summed E-state index contributed by atoms with van der Waals surface area (Å²) in [6, 6.07) is 0. The number of nitrogens with one attached hydrogen (secondary N) is 1. The number of pyridine rings is 1. The lowest BCUT2D eigenvalue weighted by Crippen LogP contribution is -2.20. The highest BCUT2D eigenvalue weighted by Crippen LogP contribution is 2.36. The molecule has 6 nitrogen and oxygen atoms in total. The second-order valence-corrected chi connectivity index (χ2v) is 6.94. The fraction of sp³-hybridized carbons (Fsp3) is 0.333. The lowest BCUT2D eigenvalue weighted by atomic mass is 10.3. The van der Waals surface area contributed by atoms with Crippen LogP contribution >= 0.6 is 46.3 Å². The quantitative estimate of drug-likeness (QED) is 0.632. The molecule has 2 aromatic heterocycles. The molecule has 0 fully saturated rings. The minimum atomic E-state index is -0.372. The summed E-state index contributed by atoms with van der Waals surface area (Å²) in [4.78, 5) is 16.0. The van der Waals surface area contributed by atoms with Gasteiger partial charge in [0.2, 0.25) is 5.13 Å². The molecule has 118 valence electrons. The van der Waals surface area contributed by atoms with E-state index in [1.165, 1.54) is 23.1 Å². The van der Waals surface area contributed by atoms with E-state index < -0.39 is 0 Å². The maximum Gasteiger partial charge on any atom is 0.264 e. The van der Waals surface area contributed by atoms with Crippen molar-refractivity contribution < 1.29 is 9.53 Å². The number of hydrogen-bond donors (Lipinski definition) is 1. The van der Waals surface area contributed by atoms with Crippen molar-refractivity contribution >= 4 is 57.3 Å². The standard InChI is InChI=1S/C12H12Cl2N4O2S2/c1-5-8(13)10(9(14)6(2)15-5)20-4-7(19)16-11-17-18-12(21-3)22-11/h4H2,1-3H3,(H,16,17,19). The Labute approximate surface area is 145 Å². The monoisotopic (exact) mass is 378 g/mol. The zero-order valence-corrected chi connectivity index (χ0v) is 15.1. The summed E-state index contributed by atoms with van der Waals surface area (Å²) in [6.07, 6.45) is 1.88. The number of aromatic nitrogens is 3. The zero-order valence-electron chi connectivity index (χ0n) is 11.9. The number of nitrogens with zero attached hydrogens (tertiary/aromatic N) is 3. The maximum absolute atomic E-state index is 11.9. The van der Waals surface area contributed by atoms with Crippen LogP contribution in [0.1, 0.15) is 11.4 Å². The second kappa shape index (κ2) is 7.45. The van der Waals surface area contributed by atoms with E-state index in [9.17, 15) is 4.79 Å². The molecule has 0 saturated carbocycles. The average Bonchev–Trinajstić information content (AvgIpc) is 2.92. The molecule has 0 aliphatic carbocycles. The Hall–Kier alpha value is -1.09. The van der Waals surface area contributed by atoms with Crippen LogP contribution in [0.2, 0.25) is 10.0 Å². The predicted molar refractivity (Wildman–Crippen MR) is 89.5 cm³/mol. The molecule has 0 bridgehead atoms. The van der Waals surface area contributed by atoms with Crippen molar-refractivity contribution in [3.05, 3.63) is 21.4 Å². The van der Waals surface area contributed by atoms with Crippen LogP contribution < -0.4 is 10.1 Å². The van der Waals surface area contributed by atoms with Crippen LogP contribution in [0, 0.1) is 13.8 Å². The molecular formula is C12H12Cl2N4O2S2. The summed E-state index contributed by atoms with van der Waals surface area (Å²) in [5.41, 5.74) is 1.18. The van der Waals surface area contributed by atoms with Crippen LogP contribution in [0.25, 0.3) is 0 Å². The Bertz CT molecular complexity index is 682. The predicted octanol–water partition coefficient (Wildman–Crippen LogP) is 3.60. The highest BCUT2D eigenvalue weighted by molar-refractivity contribution is 8.00. The van der Waals surface area contributed by atoms with Crippen LogP contribution in [0.4, 0.5) is 5.13 Å². The van der Waals surface area contributed by atoms with Crippen LogP contribution in [0.5, 0.6) is 5.75 Å². The highest BCUT2D eigenvalue weighted by Gasteiger charge is 2.16. The number of thioether (sulfide) groups is 1. The van der Waals surface area contributed by atoms with Crippen LogP contribution in [0.3, 0.4) is 0 Å². The third kappa shape index (κ3) is 4.01. The van der Waals surface area contributed by atoms with Crippen LogP contribution in [0.15, 0.2) is 4.34 Å². The first kappa shape index (κ1) is 17.3.